The highest BCUT2D eigenvalue weighted by atomic mass is 28.4. The van der Waals surface area contributed by atoms with Crippen molar-refractivity contribution in [3.8, 4) is 0 Å². The van der Waals surface area contributed by atoms with Crippen LogP contribution in [0.5, 0.6) is 0 Å². The summed E-state index contributed by atoms with van der Waals surface area (Å²) in [5.74, 6) is 1.24. The van der Waals surface area contributed by atoms with Crippen molar-refractivity contribution in [2.75, 3.05) is 13.7 Å². The van der Waals surface area contributed by atoms with Gasteiger partial charge in [-0.2, -0.15) is 0 Å². The van der Waals surface area contributed by atoms with Crippen LogP contribution in [-0.4, -0.2) is 33.8 Å². The van der Waals surface area contributed by atoms with Gasteiger partial charge in [0.25, 0.3) is 0 Å². The summed E-state index contributed by atoms with van der Waals surface area (Å²) in [7, 11) is -0.419. The Morgan fingerprint density at radius 1 is 1.27 bits per heavy atom. The van der Waals surface area contributed by atoms with E-state index < -0.39 is 20.1 Å². The number of hydrogen-bond acceptors (Lipinski definition) is 4. The molecule has 0 aromatic heterocycles. The van der Waals surface area contributed by atoms with Gasteiger partial charge < -0.3 is 13.9 Å². The molecule has 0 bridgehead atoms. The highest BCUT2D eigenvalue weighted by Crippen LogP contribution is 2.45. The first kappa shape index (κ1) is 23.2. The van der Waals surface area contributed by atoms with Crippen LogP contribution in [0.25, 0.3) is 0 Å². The molecular weight excluding hydrogens is 344 g/mol. The molecule has 0 aliphatic heterocycles. The van der Waals surface area contributed by atoms with Gasteiger partial charge in [0.05, 0.1) is 13.7 Å². The standard InChI is InChI=1S/C21H40O4Si/c1-16(2)18-12-11-17(3)15-21(18,25-19(22)23-7)13-10-14-24-26(8,9)20(4,5)6/h10,13,16-18H,11-12,14-15H2,1-9H3/b13-10+/t17-,18+,21+/m1/s1. The predicted octanol–water partition coefficient (Wildman–Crippen LogP) is 6.18. The second-order valence-corrected chi connectivity index (χ2v) is 14.5. The Hall–Kier alpha value is -0.813. The average molecular weight is 385 g/mol. The fraction of sp³-hybridized carbons (Fsp3) is 0.857. The van der Waals surface area contributed by atoms with Crippen molar-refractivity contribution in [3.05, 3.63) is 12.2 Å². The molecule has 0 radical (unpaired) electrons. The summed E-state index contributed by atoms with van der Waals surface area (Å²) in [4.78, 5) is 12.0. The van der Waals surface area contributed by atoms with Gasteiger partial charge in [-0.05, 0) is 48.9 Å². The smallest absolute Gasteiger partial charge is 0.438 e. The lowest BCUT2D eigenvalue weighted by Gasteiger charge is -2.45. The molecule has 152 valence electrons. The van der Waals surface area contributed by atoms with Crippen LogP contribution in [0.15, 0.2) is 12.2 Å². The van der Waals surface area contributed by atoms with Gasteiger partial charge in [-0.25, -0.2) is 4.79 Å². The Bertz CT molecular complexity index is 493. The Morgan fingerprint density at radius 3 is 2.38 bits per heavy atom. The molecule has 0 heterocycles. The van der Waals surface area contributed by atoms with Gasteiger partial charge in [0.15, 0.2) is 8.32 Å². The lowest BCUT2D eigenvalue weighted by Crippen LogP contribution is -2.47. The summed E-state index contributed by atoms with van der Waals surface area (Å²) in [6.45, 7) is 18.4. The first-order valence-electron chi connectivity index (χ1n) is 9.93. The largest absolute Gasteiger partial charge is 0.508 e. The zero-order valence-electron chi connectivity index (χ0n) is 18.3. The van der Waals surface area contributed by atoms with Crippen molar-refractivity contribution < 1.29 is 18.7 Å². The van der Waals surface area contributed by atoms with Gasteiger partial charge in [0.2, 0.25) is 0 Å². The van der Waals surface area contributed by atoms with E-state index in [0.717, 1.165) is 12.8 Å². The van der Waals surface area contributed by atoms with E-state index in [0.29, 0.717) is 24.4 Å². The summed E-state index contributed by atoms with van der Waals surface area (Å²) in [6, 6.07) is 0. The first-order valence-corrected chi connectivity index (χ1v) is 12.8. The van der Waals surface area contributed by atoms with Crippen LogP contribution in [0.1, 0.15) is 60.8 Å². The summed E-state index contributed by atoms with van der Waals surface area (Å²) in [6.07, 6.45) is 6.60. The van der Waals surface area contributed by atoms with Crippen molar-refractivity contribution in [1.29, 1.82) is 0 Å². The zero-order chi connectivity index (χ0) is 20.2. The first-order chi connectivity index (χ1) is 11.8. The van der Waals surface area contributed by atoms with Crippen LogP contribution in [0.2, 0.25) is 18.1 Å². The van der Waals surface area contributed by atoms with E-state index in [-0.39, 0.29) is 5.04 Å². The van der Waals surface area contributed by atoms with Crippen LogP contribution < -0.4 is 0 Å². The Labute approximate surface area is 161 Å². The minimum atomic E-state index is -1.79. The second kappa shape index (κ2) is 8.92. The summed E-state index contributed by atoms with van der Waals surface area (Å²) in [5, 5.41) is 0.181. The van der Waals surface area contributed by atoms with Crippen LogP contribution in [-0.2, 0) is 13.9 Å². The van der Waals surface area contributed by atoms with E-state index in [9.17, 15) is 4.79 Å². The number of hydrogen-bond donors (Lipinski definition) is 0. The molecule has 1 aliphatic rings. The van der Waals surface area contributed by atoms with Crippen molar-refractivity contribution in [2.24, 2.45) is 17.8 Å². The van der Waals surface area contributed by atoms with Gasteiger partial charge in [0, 0.05) is 5.92 Å². The number of methoxy groups -OCH3 is 1. The predicted molar refractivity (Wildman–Crippen MR) is 110 cm³/mol. The summed E-state index contributed by atoms with van der Waals surface area (Å²) in [5.41, 5.74) is -0.601. The Morgan fingerprint density at radius 2 is 1.88 bits per heavy atom. The number of carbonyl (C=O) groups excluding carboxylic acids is 1. The van der Waals surface area contributed by atoms with Crippen LogP contribution in [0.4, 0.5) is 4.79 Å². The highest BCUT2D eigenvalue weighted by molar-refractivity contribution is 6.74. The Balaban J connectivity index is 3.00. The molecule has 1 saturated carbocycles. The summed E-state index contributed by atoms with van der Waals surface area (Å²) >= 11 is 0. The number of rotatable bonds is 6. The van der Waals surface area contributed by atoms with Crippen LogP contribution >= 0.6 is 0 Å². The second-order valence-electron chi connectivity index (χ2n) is 9.72. The molecule has 0 amide bonds. The molecule has 1 aliphatic carbocycles. The molecule has 0 aromatic rings. The zero-order valence-corrected chi connectivity index (χ0v) is 19.3. The lowest BCUT2D eigenvalue weighted by molar-refractivity contribution is -0.0754. The van der Waals surface area contributed by atoms with E-state index in [2.05, 4.69) is 66.8 Å². The molecule has 1 fully saturated rings. The topological polar surface area (TPSA) is 44.8 Å². The average Bonchev–Trinajstić information content (AvgIpc) is 2.50. The van der Waals surface area contributed by atoms with Gasteiger partial charge in [-0.3, -0.25) is 0 Å². The minimum Gasteiger partial charge on any atom is -0.438 e. The van der Waals surface area contributed by atoms with Gasteiger partial charge in [-0.1, -0.05) is 54.0 Å². The molecule has 1 rings (SSSR count). The fourth-order valence-corrected chi connectivity index (χ4v) is 4.61. The summed E-state index contributed by atoms with van der Waals surface area (Å²) < 4.78 is 17.0. The molecule has 0 unspecified atom stereocenters. The van der Waals surface area contributed by atoms with E-state index in [1.807, 2.05) is 0 Å². The Kier molecular flexibility index (Phi) is 7.97. The van der Waals surface area contributed by atoms with Crippen molar-refractivity contribution >= 4 is 14.5 Å². The quantitative estimate of drug-likeness (QED) is 0.312. The van der Waals surface area contributed by atoms with E-state index >= 15 is 0 Å². The van der Waals surface area contributed by atoms with Crippen molar-refractivity contribution in [1.82, 2.24) is 0 Å². The third kappa shape index (κ3) is 5.85. The van der Waals surface area contributed by atoms with Crippen LogP contribution in [0, 0.1) is 17.8 Å². The normalized spacial score (nSPS) is 27.8. The molecule has 0 aromatic carbocycles. The van der Waals surface area contributed by atoms with Gasteiger partial charge in [-0.15, -0.1) is 0 Å². The van der Waals surface area contributed by atoms with E-state index in [1.54, 1.807) is 0 Å². The number of carbonyl (C=O) groups is 1. The van der Waals surface area contributed by atoms with Gasteiger partial charge >= 0.3 is 6.16 Å². The third-order valence-corrected chi connectivity index (χ3v) is 10.8. The lowest BCUT2D eigenvalue weighted by atomic mass is 9.66. The fourth-order valence-electron chi connectivity index (χ4n) is 3.66. The third-order valence-electron chi connectivity index (χ3n) is 6.26. The maximum absolute atomic E-state index is 12.0. The molecule has 3 atom stereocenters. The molecule has 26 heavy (non-hydrogen) atoms. The van der Waals surface area contributed by atoms with Crippen molar-refractivity contribution in [2.45, 2.75) is 84.5 Å². The molecule has 5 heteroatoms. The molecule has 0 saturated heterocycles. The molecule has 4 nitrogen and oxygen atoms in total. The molecule has 0 N–H and O–H groups in total. The maximum atomic E-state index is 12.0. The van der Waals surface area contributed by atoms with E-state index in [1.165, 1.54) is 13.5 Å². The van der Waals surface area contributed by atoms with Crippen LogP contribution in [0.3, 0.4) is 0 Å². The maximum Gasteiger partial charge on any atom is 0.508 e. The van der Waals surface area contributed by atoms with Crippen molar-refractivity contribution in [3.63, 3.8) is 0 Å². The highest BCUT2D eigenvalue weighted by Gasteiger charge is 2.46. The number of ether oxygens (including phenoxy) is 2. The van der Waals surface area contributed by atoms with E-state index in [4.69, 9.17) is 13.9 Å². The molecular formula is C21H40O4Si. The molecule has 0 spiro atoms. The van der Waals surface area contributed by atoms with Gasteiger partial charge in [0.1, 0.15) is 5.60 Å². The SMILES string of the molecule is COC(=O)O[C@@]1(/C=C/CO[Si](C)(C)C(C)(C)C)C[C@H](C)CC[C@H]1C(C)C. The minimum absolute atomic E-state index is 0.181. The monoisotopic (exact) mass is 384 g/mol.